The molecular formula is C22H30N2O4. The zero-order valence-electron chi connectivity index (χ0n) is 17.5. The molecule has 1 unspecified atom stereocenters. The molecule has 0 bridgehead atoms. The summed E-state index contributed by atoms with van der Waals surface area (Å²) in [5.74, 6) is 1.81. The summed E-state index contributed by atoms with van der Waals surface area (Å²) in [5.41, 5.74) is 1.63. The highest BCUT2D eigenvalue weighted by Gasteiger charge is 2.17. The van der Waals surface area contributed by atoms with Gasteiger partial charge in [0.1, 0.15) is 5.75 Å². The van der Waals surface area contributed by atoms with E-state index in [9.17, 15) is 4.79 Å². The third-order valence-electron chi connectivity index (χ3n) is 4.37. The van der Waals surface area contributed by atoms with Crippen molar-refractivity contribution in [3.05, 3.63) is 53.6 Å². The maximum Gasteiger partial charge on any atom is 0.251 e. The lowest BCUT2D eigenvalue weighted by Gasteiger charge is -2.25. The van der Waals surface area contributed by atoms with Crippen LogP contribution >= 0.6 is 0 Å². The second-order valence-electron chi connectivity index (χ2n) is 6.99. The Labute approximate surface area is 167 Å². The molecular weight excluding hydrogens is 356 g/mol. The van der Waals surface area contributed by atoms with Gasteiger partial charge in [0.2, 0.25) is 0 Å². The van der Waals surface area contributed by atoms with E-state index in [1.54, 1.807) is 32.4 Å². The van der Waals surface area contributed by atoms with Crippen LogP contribution in [-0.2, 0) is 0 Å². The normalized spacial score (nSPS) is 12.0. The van der Waals surface area contributed by atoms with Crippen LogP contribution in [0.5, 0.6) is 17.2 Å². The smallest absolute Gasteiger partial charge is 0.251 e. The topological polar surface area (TPSA) is 60.0 Å². The van der Waals surface area contributed by atoms with Crippen LogP contribution in [0, 0.1) is 0 Å². The molecule has 1 N–H and O–H groups in total. The predicted octanol–water partition coefficient (Wildman–Crippen LogP) is 3.52. The van der Waals surface area contributed by atoms with E-state index in [1.807, 2.05) is 52.2 Å². The summed E-state index contributed by atoms with van der Waals surface area (Å²) in [5, 5.41) is 3.01. The van der Waals surface area contributed by atoms with Gasteiger partial charge in [-0.1, -0.05) is 12.1 Å². The van der Waals surface area contributed by atoms with Crippen molar-refractivity contribution < 1.29 is 19.0 Å². The number of likely N-dealkylation sites (N-methyl/N-ethyl adjacent to an activating group) is 1. The fourth-order valence-corrected chi connectivity index (χ4v) is 2.88. The largest absolute Gasteiger partial charge is 0.497 e. The number of amides is 1. The summed E-state index contributed by atoms with van der Waals surface area (Å²) < 4.78 is 16.3. The van der Waals surface area contributed by atoms with E-state index in [0.29, 0.717) is 23.6 Å². The van der Waals surface area contributed by atoms with Gasteiger partial charge >= 0.3 is 0 Å². The molecule has 0 aliphatic carbocycles. The van der Waals surface area contributed by atoms with Crippen molar-refractivity contribution in [2.75, 3.05) is 34.9 Å². The highest BCUT2D eigenvalue weighted by atomic mass is 16.5. The zero-order chi connectivity index (χ0) is 20.7. The van der Waals surface area contributed by atoms with Crippen molar-refractivity contribution >= 4 is 5.91 Å². The molecule has 0 heterocycles. The van der Waals surface area contributed by atoms with Gasteiger partial charge in [-0.2, -0.15) is 0 Å². The van der Waals surface area contributed by atoms with E-state index in [-0.39, 0.29) is 18.1 Å². The Morgan fingerprint density at radius 3 is 2.21 bits per heavy atom. The highest BCUT2D eigenvalue weighted by Crippen LogP contribution is 2.29. The first-order valence-electron chi connectivity index (χ1n) is 9.29. The molecule has 28 heavy (non-hydrogen) atoms. The summed E-state index contributed by atoms with van der Waals surface area (Å²) in [6, 6.07) is 13.1. The summed E-state index contributed by atoms with van der Waals surface area (Å²) in [7, 11) is 7.19. The van der Waals surface area contributed by atoms with Crippen molar-refractivity contribution in [3.63, 3.8) is 0 Å². The number of hydrogen-bond acceptors (Lipinski definition) is 5. The van der Waals surface area contributed by atoms with Gasteiger partial charge in [-0.25, -0.2) is 0 Å². The Hall–Kier alpha value is -2.73. The number of benzene rings is 2. The van der Waals surface area contributed by atoms with Crippen LogP contribution in [0.4, 0.5) is 0 Å². The summed E-state index contributed by atoms with van der Waals surface area (Å²) >= 11 is 0. The Balaban J connectivity index is 2.09. The minimum Gasteiger partial charge on any atom is -0.497 e. The lowest BCUT2D eigenvalue weighted by Crippen LogP contribution is -2.34. The first kappa shape index (κ1) is 21.6. The fraction of sp³-hybridized carbons (Fsp3) is 0.409. The van der Waals surface area contributed by atoms with Crippen LogP contribution in [0.1, 0.15) is 35.8 Å². The number of rotatable bonds is 9. The van der Waals surface area contributed by atoms with Crippen molar-refractivity contribution in [2.24, 2.45) is 0 Å². The average Bonchev–Trinajstić information content (AvgIpc) is 2.68. The molecule has 2 aromatic carbocycles. The number of ether oxygens (including phenoxy) is 3. The van der Waals surface area contributed by atoms with E-state index >= 15 is 0 Å². The summed E-state index contributed by atoms with van der Waals surface area (Å²) in [6.45, 7) is 4.37. The highest BCUT2D eigenvalue weighted by molar-refractivity contribution is 5.94. The van der Waals surface area contributed by atoms with Crippen molar-refractivity contribution in [3.8, 4) is 17.2 Å². The molecule has 0 aliphatic rings. The Kier molecular flexibility index (Phi) is 7.70. The molecule has 2 aromatic rings. The Morgan fingerprint density at radius 1 is 1.00 bits per heavy atom. The first-order chi connectivity index (χ1) is 13.3. The van der Waals surface area contributed by atoms with Crippen LogP contribution in [0.15, 0.2) is 42.5 Å². The molecule has 1 atom stereocenters. The van der Waals surface area contributed by atoms with Gasteiger partial charge in [-0.05, 0) is 63.8 Å². The number of hydrogen-bond donors (Lipinski definition) is 1. The lowest BCUT2D eigenvalue weighted by molar-refractivity contribution is 0.0941. The molecule has 0 spiro atoms. The van der Waals surface area contributed by atoms with Crippen LogP contribution < -0.4 is 19.5 Å². The van der Waals surface area contributed by atoms with Gasteiger partial charge in [0.15, 0.2) is 11.5 Å². The number of carbonyl (C=O) groups excluding carboxylic acids is 1. The van der Waals surface area contributed by atoms with E-state index < -0.39 is 0 Å². The molecule has 0 saturated carbocycles. The molecule has 1 amide bonds. The molecule has 0 radical (unpaired) electrons. The van der Waals surface area contributed by atoms with Crippen LogP contribution in [0.2, 0.25) is 0 Å². The molecule has 0 aromatic heterocycles. The zero-order valence-corrected chi connectivity index (χ0v) is 17.5. The van der Waals surface area contributed by atoms with E-state index in [2.05, 4.69) is 10.2 Å². The first-order valence-corrected chi connectivity index (χ1v) is 9.29. The summed E-state index contributed by atoms with van der Waals surface area (Å²) in [6.07, 6.45) is 0.0268. The van der Waals surface area contributed by atoms with Gasteiger partial charge < -0.3 is 24.4 Å². The van der Waals surface area contributed by atoms with Gasteiger partial charge in [0.05, 0.1) is 26.4 Å². The van der Waals surface area contributed by atoms with E-state index in [1.165, 1.54) is 0 Å². The fourth-order valence-electron chi connectivity index (χ4n) is 2.88. The van der Waals surface area contributed by atoms with Crippen molar-refractivity contribution in [1.82, 2.24) is 10.2 Å². The van der Waals surface area contributed by atoms with Crippen LogP contribution in [-0.4, -0.2) is 51.8 Å². The van der Waals surface area contributed by atoms with Crippen LogP contribution in [0.25, 0.3) is 0 Å². The maximum atomic E-state index is 12.7. The monoisotopic (exact) mass is 386 g/mol. The molecule has 6 heteroatoms. The molecule has 152 valence electrons. The van der Waals surface area contributed by atoms with Gasteiger partial charge in [0.25, 0.3) is 5.91 Å². The average molecular weight is 386 g/mol. The number of methoxy groups -OCH3 is 2. The molecule has 6 nitrogen and oxygen atoms in total. The van der Waals surface area contributed by atoms with E-state index in [0.717, 1.165) is 11.3 Å². The van der Waals surface area contributed by atoms with Gasteiger partial charge in [0, 0.05) is 12.1 Å². The molecule has 0 saturated heterocycles. The van der Waals surface area contributed by atoms with Crippen molar-refractivity contribution in [1.29, 1.82) is 0 Å². The molecule has 0 fully saturated rings. The minimum atomic E-state index is -0.158. The van der Waals surface area contributed by atoms with E-state index in [4.69, 9.17) is 14.2 Å². The third kappa shape index (κ3) is 5.63. The lowest BCUT2D eigenvalue weighted by atomic mass is 10.1. The standard InChI is InChI=1S/C22H30N2O4/c1-15(2)28-20-12-9-17(13-21(20)27-6)22(25)23-14-19(24(3)4)16-7-10-18(26-5)11-8-16/h7-13,15,19H,14H2,1-6H3,(H,23,25). The van der Waals surface area contributed by atoms with Gasteiger partial charge in [-0.3, -0.25) is 4.79 Å². The second-order valence-corrected chi connectivity index (χ2v) is 6.99. The SMILES string of the molecule is COc1ccc(C(CNC(=O)c2ccc(OC(C)C)c(OC)c2)N(C)C)cc1. The number of nitrogens with one attached hydrogen (secondary N) is 1. The maximum absolute atomic E-state index is 12.7. The molecule has 2 rings (SSSR count). The Morgan fingerprint density at radius 2 is 1.68 bits per heavy atom. The third-order valence-corrected chi connectivity index (χ3v) is 4.37. The van der Waals surface area contributed by atoms with Crippen LogP contribution in [0.3, 0.4) is 0 Å². The summed E-state index contributed by atoms with van der Waals surface area (Å²) in [4.78, 5) is 14.7. The molecule has 0 aliphatic heterocycles. The predicted molar refractivity (Wildman–Crippen MR) is 111 cm³/mol. The van der Waals surface area contributed by atoms with Crippen molar-refractivity contribution in [2.45, 2.75) is 26.0 Å². The van der Waals surface area contributed by atoms with Gasteiger partial charge in [-0.15, -0.1) is 0 Å². The Bertz CT molecular complexity index is 773. The second kappa shape index (κ2) is 9.99. The quantitative estimate of drug-likeness (QED) is 0.714. The number of nitrogens with zero attached hydrogens (tertiary/aromatic N) is 1. The number of carbonyl (C=O) groups is 1. The minimum absolute atomic E-state index is 0.0268.